The van der Waals surface area contributed by atoms with Crippen LogP contribution in [0.5, 0.6) is 0 Å². The molecule has 3 N–H and O–H groups in total. The monoisotopic (exact) mass is 276 g/mol. The lowest BCUT2D eigenvalue weighted by molar-refractivity contribution is 0.0706. The van der Waals surface area contributed by atoms with E-state index in [9.17, 15) is 9.90 Å². The van der Waals surface area contributed by atoms with Crippen LogP contribution in [0.25, 0.3) is 0 Å². The van der Waals surface area contributed by atoms with Crippen LogP contribution in [0.3, 0.4) is 0 Å². The second kappa shape index (κ2) is 6.00. The average molecular weight is 276 g/mol. The van der Waals surface area contributed by atoms with Crippen LogP contribution >= 0.6 is 11.8 Å². The molecule has 2 rings (SSSR count). The molecule has 0 radical (unpaired) electrons. The molecule has 5 heteroatoms. The summed E-state index contributed by atoms with van der Waals surface area (Å²) in [6.45, 7) is 0.265. The van der Waals surface area contributed by atoms with Crippen LogP contribution in [0.2, 0.25) is 0 Å². The second-order valence-electron chi connectivity index (χ2n) is 4.56. The minimum Gasteiger partial charge on any atom is -0.387 e. The van der Waals surface area contributed by atoms with Gasteiger partial charge in [-0.15, -0.1) is 6.42 Å². The van der Waals surface area contributed by atoms with E-state index < -0.39 is 5.60 Å². The fourth-order valence-corrected chi connectivity index (χ4v) is 3.14. The van der Waals surface area contributed by atoms with Gasteiger partial charge in [0.25, 0.3) is 0 Å². The third-order valence-corrected chi connectivity index (χ3v) is 4.18. The number of hydrogen-bond donors (Lipinski definition) is 3. The summed E-state index contributed by atoms with van der Waals surface area (Å²) in [5, 5.41) is 15.5. The van der Waals surface area contributed by atoms with Crippen LogP contribution in [0.15, 0.2) is 24.3 Å². The first-order valence-electron chi connectivity index (χ1n) is 6.03. The predicted octanol–water partition coefficient (Wildman–Crippen LogP) is 1.66. The molecule has 4 nitrogen and oxygen atoms in total. The van der Waals surface area contributed by atoms with Crippen LogP contribution in [0.4, 0.5) is 10.5 Å². The van der Waals surface area contributed by atoms with Crippen molar-refractivity contribution < 1.29 is 9.90 Å². The molecular formula is C14H16N2O2S. The lowest BCUT2D eigenvalue weighted by atomic mass is 10.0. The van der Waals surface area contributed by atoms with Gasteiger partial charge >= 0.3 is 6.03 Å². The lowest BCUT2D eigenvalue weighted by Gasteiger charge is -2.21. The van der Waals surface area contributed by atoms with Crippen LogP contribution in [0, 0.1) is 12.3 Å². The van der Waals surface area contributed by atoms with Crippen molar-refractivity contribution in [2.24, 2.45) is 0 Å². The van der Waals surface area contributed by atoms with E-state index in [1.807, 2.05) is 0 Å². The number of rotatable bonds is 3. The standard InChI is InChI=1S/C14H16N2O2S/c1-2-11-4-3-5-12(8-11)16-13(17)15-9-14(18)6-7-19-10-14/h1,3-5,8,18H,6-7,9-10H2,(H2,15,16,17). The smallest absolute Gasteiger partial charge is 0.319 e. The molecule has 19 heavy (non-hydrogen) atoms. The maximum Gasteiger partial charge on any atom is 0.319 e. The number of benzene rings is 1. The molecule has 0 aromatic heterocycles. The fraction of sp³-hybridized carbons (Fsp3) is 0.357. The molecule has 1 aliphatic heterocycles. The van der Waals surface area contributed by atoms with E-state index in [0.717, 1.165) is 5.75 Å². The van der Waals surface area contributed by atoms with Gasteiger partial charge in [-0.3, -0.25) is 0 Å². The Balaban J connectivity index is 1.85. The number of terminal acetylenes is 1. The first-order chi connectivity index (χ1) is 9.11. The molecule has 1 saturated heterocycles. The molecule has 0 spiro atoms. The van der Waals surface area contributed by atoms with E-state index in [1.54, 1.807) is 36.0 Å². The van der Waals surface area contributed by atoms with E-state index in [1.165, 1.54) is 0 Å². The van der Waals surface area contributed by atoms with Crippen molar-refractivity contribution in [2.45, 2.75) is 12.0 Å². The zero-order valence-electron chi connectivity index (χ0n) is 10.5. The Morgan fingerprint density at radius 1 is 1.58 bits per heavy atom. The molecular weight excluding hydrogens is 260 g/mol. The van der Waals surface area contributed by atoms with Crippen LogP contribution in [-0.2, 0) is 0 Å². The van der Waals surface area contributed by atoms with Crippen molar-refractivity contribution in [1.29, 1.82) is 0 Å². The third-order valence-electron chi connectivity index (χ3n) is 2.95. The number of amides is 2. The largest absolute Gasteiger partial charge is 0.387 e. The van der Waals surface area contributed by atoms with Gasteiger partial charge in [0.15, 0.2) is 0 Å². The van der Waals surface area contributed by atoms with Crippen LogP contribution in [-0.4, -0.2) is 34.8 Å². The number of carbonyl (C=O) groups is 1. The Morgan fingerprint density at radius 3 is 3.11 bits per heavy atom. The molecule has 1 aliphatic rings. The molecule has 1 aromatic carbocycles. The topological polar surface area (TPSA) is 61.4 Å². The average Bonchev–Trinajstić information content (AvgIpc) is 2.84. The molecule has 1 unspecified atom stereocenters. The van der Waals surface area contributed by atoms with Gasteiger partial charge in [-0.05, 0) is 30.4 Å². The minimum atomic E-state index is -0.775. The summed E-state index contributed by atoms with van der Waals surface area (Å²) in [6.07, 6.45) is 6.01. The Bertz CT molecular complexity index is 504. The number of carbonyl (C=O) groups excluding carboxylic acids is 1. The van der Waals surface area contributed by atoms with Gasteiger partial charge in [0.05, 0.1) is 5.60 Å². The number of hydrogen-bond acceptors (Lipinski definition) is 3. The van der Waals surface area contributed by atoms with Crippen molar-refractivity contribution in [3.8, 4) is 12.3 Å². The number of urea groups is 1. The quantitative estimate of drug-likeness (QED) is 0.736. The molecule has 1 atom stereocenters. The second-order valence-corrected chi connectivity index (χ2v) is 5.66. The van der Waals surface area contributed by atoms with E-state index in [2.05, 4.69) is 16.6 Å². The molecule has 2 amide bonds. The van der Waals surface area contributed by atoms with Gasteiger partial charge in [-0.25, -0.2) is 4.79 Å². The highest BCUT2D eigenvalue weighted by Gasteiger charge is 2.31. The van der Waals surface area contributed by atoms with Crippen molar-refractivity contribution >= 4 is 23.5 Å². The van der Waals surface area contributed by atoms with Crippen LogP contribution in [0.1, 0.15) is 12.0 Å². The van der Waals surface area contributed by atoms with Gasteiger partial charge < -0.3 is 15.7 Å². The van der Waals surface area contributed by atoms with Gasteiger partial charge in [-0.2, -0.15) is 11.8 Å². The molecule has 0 aliphatic carbocycles. The number of aliphatic hydroxyl groups is 1. The summed E-state index contributed by atoms with van der Waals surface area (Å²) in [5.41, 5.74) is 0.576. The Morgan fingerprint density at radius 2 is 2.42 bits per heavy atom. The molecule has 1 fully saturated rings. The fourth-order valence-electron chi connectivity index (χ4n) is 1.84. The maximum absolute atomic E-state index is 11.7. The minimum absolute atomic E-state index is 0.265. The molecule has 100 valence electrons. The first-order valence-corrected chi connectivity index (χ1v) is 7.18. The van der Waals surface area contributed by atoms with E-state index in [-0.39, 0.29) is 12.6 Å². The van der Waals surface area contributed by atoms with E-state index >= 15 is 0 Å². The third kappa shape index (κ3) is 3.91. The Labute approximate surface area is 117 Å². The lowest BCUT2D eigenvalue weighted by Crippen LogP contribution is -2.44. The zero-order valence-corrected chi connectivity index (χ0v) is 11.3. The Hall–Kier alpha value is -1.64. The number of anilines is 1. The SMILES string of the molecule is C#Cc1cccc(NC(=O)NCC2(O)CCSC2)c1. The molecule has 1 aromatic rings. The van der Waals surface area contributed by atoms with Crippen molar-refractivity contribution in [3.63, 3.8) is 0 Å². The number of thioether (sulfide) groups is 1. The van der Waals surface area contributed by atoms with Crippen LogP contribution < -0.4 is 10.6 Å². The van der Waals surface area contributed by atoms with Gasteiger partial charge in [0.2, 0.25) is 0 Å². The highest BCUT2D eigenvalue weighted by atomic mass is 32.2. The summed E-state index contributed by atoms with van der Waals surface area (Å²) in [7, 11) is 0. The Kier molecular flexibility index (Phi) is 4.35. The molecule has 0 saturated carbocycles. The normalized spacial score (nSPS) is 21.7. The van der Waals surface area contributed by atoms with Gasteiger partial charge in [-0.1, -0.05) is 12.0 Å². The number of nitrogens with one attached hydrogen (secondary N) is 2. The van der Waals surface area contributed by atoms with E-state index in [0.29, 0.717) is 23.4 Å². The first kappa shape index (κ1) is 13.8. The summed E-state index contributed by atoms with van der Waals surface area (Å²) in [5.74, 6) is 4.11. The van der Waals surface area contributed by atoms with Crippen molar-refractivity contribution in [2.75, 3.05) is 23.4 Å². The summed E-state index contributed by atoms with van der Waals surface area (Å²) in [6, 6.07) is 6.73. The summed E-state index contributed by atoms with van der Waals surface area (Å²) in [4.78, 5) is 11.7. The van der Waals surface area contributed by atoms with Crippen molar-refractivity contribution in [1.82, 2.24) is 5.32 Å². The molecule has 0 bridgehead atoms. The van der Waals surface area contributed by atoms with Gasteiger partial charge in [0.1, 0.15) is 0 Å². The maximum atomic E-state index is 11.7. The van der Waals surface area contributed by atoms with E-state index in [4.69, 9.17) is 6.42 Å². The highest BCUT2D eigenvalue weighted by Crippen LogP contribution is 2.26. The molecule has 1 heterocycles. The summed E-state index contributed by atoms with van der Waals surface area (Å²) < 4.78 is 0. The zero-order chi connectivity index (χ0) is 13.7. The van der Waals surface area contributed by atoms with Gasteiger partial charge in [0, 0.05) is 23.5 Å². The highest BCUT2D eigenvalue weighted by molar-refractivity contribution is 7.99. The summed E-state index contributed by atoms with van der Waals surface area (Å²) >= 11 is 1.70. The van der Waals surface area contributed by atoms with Crippen molar-refractivity contribution in [3.05, 3.63) is 29.8 Å². The predicted molar refractivity (Wildman–Crippen MR) is 78.3 cm³/mol.